The van der Waals surface area contributed by atoms with Crippen LogP contribution in [-0.2, 0) is 7.05 Å². The van der Waals surface area contributed by atoms with E-state index in [1.165, 1.54) is 12.8 Å². The Balaban J connectivity index is 1.60. The van der Waals surface area contributed by atoms with Gasteiger partial charge >= 0.3 is 6.03 Å². The number of aromatic nitrogens is 2. The second kappa shape index (κ2) is 6.87. The predicted octanol–water partition coefficient (Wildman–Crippen LogP) is 2.28. The Morgan fingerprint density at radius 1 is 1.43 bits per heavy atom. The maximum Gasteiger partial charge on any atom is 0.320 e. The number of amides is 2. The molecule has 23 heavy (non-hydrogen) atoms. The lowest BCUT2D eigenvalue weighted by atomic mass is 10.2. The van der Waals surface area contributed by atoms with Gasteiger partial charge in [-0.25, -0.2) is 4.79 Å². The van der Waals surface area contributed by atoms with Crippen LogP contribution in [0.5, 0.6) is 0 Å². The van der Waals surface area contributed by atoms with Crippen LogP contribution in [0.25, 0.3) is 0 Å². The molecule has 1 aliphatic heterocycles. The number of furan rings is 1. The highest BCUT2D eigenvalue weighted by atomic mass is 16.3. The van der Waals surface area contributed by atoms with Crippen molar-refractivity contribution in [2.75, 3.05) is 25.0 Å². The monoisotopic (exact) mass is 317 g/mol. The summed E-state index contributed by atoms with van der Waals surface area (Å²) in [5.41, 5.74) is 0.869. The summed E-state index contributed by atoms with van der Waals surface area (Å²) < 4.78 is 7.21. The fraction of sp³-hybridized carbons (Fsp3) is 0.500. The van der Waals surface area contributed by atoms with Crippen molar-refractivity contribution in [1.82, 2.24) is 20.0 Å². The van der Waals surface area contributed by atoms with Gasteiger partial charge in [0.15, 0.2) is 0 Å². The Kier molecular flexibility index (Phi) is 4.66. The fourth-order valence-corrected chi connectivity index (χ4v) is 3.02. The van der Waals surface area contributed by atoms with Gasteiger partial charge in [-0.2, -0.15) is 5.10 Å². The van der Waals surface area contributed by atoms with Crippen LogP contribution < -0.4 is 10.6 Å². The molecule has 7 nitrogen and oxygen atoms in total. The average Bonchev–Trinajstić information content (AvgIpc) is 3.24. The lowest BCUT2D eigenvalue weighted by Gasteiger charge is -2.26. The van der Waals surface area contributed by atoms with Crippen molar-refractivity contribution in [3.8, 4) is 0 Å². The number of aryl methyl sites for hydroxylation is 2. The molecule has 1 unspecified atom stereocenters. The van der Waals surface area contributed by atoms with Crippen molar-refractivity contribution >= 4 is 11.8 Å². The van der Waals surface area contributed by atoms with E-state index in [-0.39, 0.29) is 12.1 Å². The minimum absolute atomic E-state index is 0.0755. The highest BCUT2D eigenvalue weighted by molar-refractivity contribution is 5.88. The van der Waals surface area contributed by atoms with Crippen LogP contribution in [0.4, 0.5) is 10.6 Å². The maximum absolute atomic E-state index is 12.2. The minimum atomic E-state index is -0.233. The summed E-state index contributed by atoms with van der Waals surface area (Å²) in [4.78, 5) is 14.5. The van der Waals surface area contributed by atoms with Gasteiger partial charge in [0, 0.05) is 19.7 Å². The van der Waals surface area contributed by atoms with Gasteiger partial charge in [0.25, 0.3) is 0 Å². The van der Waals surface area contributed by atoms with Crippen molar-refractivity contribution in [3.05, 3.63) is 35.9 Å². The van der Waals surface area contributed by atoms with Gasteiger partial charge in [0.1, 0.15) is 11.6 Å². The molecule has 3 rings (SSSR count). The fourth-order valence-electron chi connectivity index (χ4n) is 3.02. The van der Waals surface area contributed by atoms with Crippen LogP contribution >= 0.6 is 0 Å². The number of carbonyl (C=O) groups excluding carboxylic acids is 1. The number of urea groups is 1. The van der Waals surface area contributed by atoms with Crippen molar-refractivity contribution in [1.29, 1.82) is 0 Å². The van der Waals surface area contributed by atoms with Crippen LogP contribution in [0, 0.1) is 6.92 Å². The van der Waals surface area contributed by atoms with E-state index in [9.17, 15) is 4.79 Å². The first kappa shape index (κ1) is 15.6. The summed E-state index contributed by atoms with van der Waals surface area (Å²) >= 11 is 0. The van der Waals surface area contributed by atoms with E-state index in [4.69, 9.17) is 4.42 Å². The second-order valence-corrected chi connectivity index (χ2v) is 5.90. The molecule has 2 aromatic rings. The van der Waals surface area contributed by atoms with Crippen molar-refractivity contribution < 1.29 is 9.21 Å². The molecule has 2 amide bonds. The van der Waals surface area contributed by atoms with E-state index >= 15 is 0 Å². The number of likely N-dealkylation sites (tertiary alicyclic amines) is 1. The number of rotatable bonds is 5. The number of hydrogen-bond acceptors (Lipinski definition) is 4. The third kappa shape index (κ3) is 3.73. The van der Waals surface area contributed by atoms with Gasteiger partial charge in [-0.3, -0.25) is 14.9 Å². The number of nitrogens with one attached hydrogen (secondary N) is 2. The van der Waals surface area contributed by atoms with Gasteiger partial charge in [0.05, 0.1) is 18.0 Å². The molecule has 7 heteroatoms. The quantitative estimate of drug-likeness (QED) is 0.887. The van der Waals surface area contributed by atoms with Gasteiger partial charge in [-0.05, 0) is 45.0 Å². The molecule has 0 aliphatic carbocycles. The zero-order valence-electron chi connectivity index (χ0n) is 13.6. The topological polar surface area (TPSA) is 75.3 Å². The molecule has 0 bridgehead atoms. The zero-order chi connectivity index (χ0) is 16.2. The normalized spacial score (nSPS) is 16.4. The van der Waals surface area contributed by atoms with Crippen LogP contribution in [0.1, 0.15) is 30.3 Å². The van der Waals surface area contributed by atoms with Gasteiger partial charge in [-0.15, -0.1) is 0 Å². The average molecular weight is 317 g/mol. The molecule has 3 heterocycles. The summed E-state index contributed by atoms with van der Waals surface area (Å²) in [7, 11) is 1.80. The highest BCUT2D eigenvalue weighted by Gasteiger charge is 2.26. The van der Waals surface area contributed by atoms with Crippen LogP contribution in [0.15, 0.2) is 28.9 Å². The van der Waals surface area contributed by atoms with E-state index < -0.39 is 0 Å². The number of anilines is 1. The third-order valence-electron chi connectivity index (χ3n) is 4.15. The SMILES string of the molecule is Cc1cc(NC(=O)NCC(c2ccco2)N2CCCC2)n(C)n1. The third-order valence-corrected chi connectivity index (χ3v) is 4.15. The Bertz CT molecular complexity index is 643. The Labute approximate surface area is 135 Å². The second-order valence-electron chi connectivity index (χ2n) is 5.90. The van der Waals surface area contributed by atoms with Crippen LogP contribution in [0.2, 0.25) is 0 Å². The van der Waals surface area contributed by atoms with Crippen LogP contribution in [-0.4, -0.2) is 40.3 Å². The molecular formula is C16H23N5O2. The van der Waals surface area contributed by atoms with E-state index in [0.29, 0.717) is 12.4 Å². The molecule has 1 saturated heterocycles. The van der Waals surface area contributed by atoms with Crippen molar-refractivity contribution in [3.63, 3.8) is 0 Å². The molecular weight excluding hydrogens is 294 g/mol. The maximum atomic E-state index is 12.2. The van der Waals surface area contributed by atoms with Crippen LogP contribution in [0.3, 0.4) is 0 Å². The van der Waals surface area contributed by atoms with Gasteiger partial charge in [-0.1, -0.05) is 0 Å². The molecule has 0 saturated carbocycles. The molecule has 1 fully saturated rings. The molecule has 1 aliphatic rings. The Hall–Kier alpha value is -2.28. The summed E-state index contributed by atoms with van der Waals surface area (Å²) in [6, 6.07) is 5.53. The van der Waals surface area contributed by atoms with E-state index in [0.717, 1.165) is 24.5 Å². The number of carbonyl (C=O) groups is 1. The lowest BCUT2D eigenvalue weighted by molar-refractivity contribution is 0.206. The smallest absolute Gasteiger partial charge is 0.320 e. The van der Waals surface area contributed by atoms with Gasteiger partial charge in [0.2, 0.25) is 0 Å². The minimum Gasteiger partial charge on any atom is -0.468 e. The van der Waals surface area contributed by atoms with Crippen molar-refractivity contribution in [2.24, 2.45) is 7.05 Å². The summed E-state index contributed by atoms with van der Waals surface area (Å²) in [6.07, 6.45) is 4.06. The predicted molar refractivity (Wildman–Crippen MR) is 87.2 cm³/mol. The van der Waals surface area contributed by atoms with E-state index in [2.05, 4.69) is 20.6 Å². The first-order valence-electron chi connectivity index (χ1n) is 7.96. The molecule has 2 N–H and O–H groups in total. The number of nitrogens with zero attached hydrogens (tertiary/aromatic N) is 3. The number of hydrogen-bond donors (Lipinski definition) is 2. The first-order valence-corrected chi connectivity index (χ1v) is 7.96. The first-order chi connectivity index (χ1) is 11.1. The molecule has 0 radical (unpaired) electrons. The summed E-state index contributed by atoms with van der Waals surface area (Å²) in [6.45, 7) is 4.48. The Morgan fingerprint density at radius 3 is 2.83 bits per heavy atom. The van der Waals surface area contributed by atoms with Gasteiger partial charge < -0.3 is 9.73 Å². The summed E-state index contributed by atoms with van der Waals surface area (Å²) in [5.74, 6) is 1.57. The molecule has 0 aromatic carbocycles. The molecule has 0 spiro atoms. The largest absolute Gasteiger partial charge is 0.468 e. The molecule has 1 atom stereocenters. The standard InChI is InChI=1S/C16H23N5O2/c1-12-10-15(20(2)19-12)18-16(22)17-11-13(14-6-5-9-23-14)21-7-3-4-8-21/h5-6,9-10,13H,3-4,7-8,11H2,1-2H3,(H2,17,18,22). The zero-order valence-corrected chi connectivity index (χ0v) is 13.6. The molecule has 124 valence electrons. The highest BCUT2D eigenvalue weighted by Crippen LogP contribution is 2.24. The Morgan fingerprint density at radius 2 is 2.22 bits per heavy atom. The lowest BCUT2D eigenvalue weighted by Crippen LogP contribution is -2.38. The summed E-state index contributed by atoms with van der Waals surface area (Å²) in [5, 5.41) is 9.98. The van der Waals surface area contributed by atoms with E-state index in [1.54, 1.807) is 18.0 Å². The van der Waals surface area contributed by atoms with E-state index in [1.807, 2.05) is 25.1 Å². The van der Waals surface area contributed by atoms with Crippen molar-refractivity contribution in [2.45, 2.75) is 25.8 Å². The molecule has 2 aromatic heterocycles.